The summed E-state index contributed by atoms with van der Waals surface area (Å²) in [6, 6.07) is 11.4. The van der Waals surface area contributed by atoms with Gasteiger partial charge in [0.25, 0.3) is 5.91 Å². The van der Waals surface area contributed by atoms with Gasteiger partial charge in [0.15, 0.2) is 5.65 Å². The highest BCUT2D eigenvalue weighted by Crippen LogP contribution is 2.22. The number of hydrogen-bond acceptors (Lipinski definition) is 4. The van der Waals surface area contributed by atoms with Crippen LogP contribution >= 0.6 is 0 Å². The Balaban J connectivity index is 1.91. The largest absolute Gasteiger partial charge is 0.396 e. The van der Waals surface area contributed by atoms with E-state index in [1.807, 2.05) is 44.3 Å². The number of nitrogens with one attached hydrogen (secondary N) is 1. The lowest BCUT2D eigenvalue weighted by Crippen LogP contribution is -2.29. The van der Waals surface area contributed by atoms with Crippen LogP contribution in [0.3, 0.4) is 0 Å². The van der Waals surface area contributed by atoms with Gasteiger partial charge in [0, 0.05) is 19.3 Å². The summed E-state index contributed by atoms with van der Waals surface area (Å²) in [5.74, 6) is -0.157. The number of aromatic nitrogens is 3. The maximum atomic E-state index is 12.9. The van der Waals surface area contributed by atoms with E-state index in [1.165, 1.54) is 0 Å². The Kier molecular flexibility index (Phi) is 5.09. The molecule has 2 N–H and O–H groups in total. The van der Waals surface area contributed by atoms with Crippen LogP contribution in [0.5, 0.6) is 0 Å². The Morgan fingerprint density at radius 2 is 2.08 bits per heavy atom. The molecule has 2 aromatic heterocycles. The summed E-state index contributed by atoms with van der Waals surface area (Å²) in [6.07, 6.45) is 2.96. The maximum absolute atomic E-state index is 12.9. The number of aliphatic hydroxyl groups is 1. The molecule has 0 spiro atoms. The van der Waals surface area contributed by atoms with E-state index in [0.29, 0.717) is 24.1 Å². The zero-order valence-electron chi connectivity index (χ0n) is 14.4. The lowest BCUT2D eigenvalue weighted by Gasteiger charge is -2.19. The molecule has 0 aliphatic heterocycles. The molecule has 0 bridgehead atoms. The zero-order chi connectivity index (χ0) is 17.8. The third-order valence-corrected chi connectivity index (χ3v) is 4.24. The number of hydrogen-bond donors (Lipinski definition) is 2. The summed E-state index contributed by atoms with van der Waals surface area (Å²) in [6.45, 7) is 1.96. The Morgan fingerprint density at radius 1 is 1.32 bits per heavy atom. The molecule has 2 heterocycles. The monoisotopic (exact) mass is 338 g/mol. The molecule has 6 heteroatoms. The number of carbonyl (C=O) groups excluding carboxylic acids is 1. The van der Waals surface area contributed by atoms with Crippen molar-refractivity contribution in [2.75, 3.05) is 6.61 Å². The number of rotatable bonds is 6. The van der Waals surface area contributed by atoms with Crippen molar-refractivity contribution < 1.29 is 9.90 Å². The van der Waals surface area contributed by atoms with E-state index in [1.54, 1.807) is 16.9 Å². The van der Waals surface area contributed by atoms with Gasteiger partial charge in [0.1, 0.15) is 0 Å². The van der Waals surface area contributed by atoms with Crippen molar-refractivity contribution in [2.24, 2.45) is 7.05 Å². The zero-order valence-corrected chi connectivity index (χ0v) is 14.4. The first-order valence-electron chi connectivity index (χ1n) is 8.36. The van der Waals surface area contributed by atoms with E-state index in [9.17, 15) is 4.79 Å². The molecule has 1 unspecified atom stereocenters. The molecule has 0 fully saturated rings. The molecule has 6 nitrogen and oxygen atoms in total. The fourth-order valence-electron chi connectivity index (χ4n) is 2.97. The molecule has 0 aliphatic carbocycles. The first-order chi connectivity index (χ1) is 12.1. The second-order valence-electron chi connectivity index (χ2n) is 6.12. The number of fused-ring (bicyclic) bond motifs is 1. The number of aryl methyl sites for hydroxylation is 2. The van der Waals surface area contributed by atoms with Gasteiger partial charge >= 0.3 is 0 Å². The molecular formula is C19H22N4O2. The average Bonchev–Trinajstić information content (AvgIpc) is 2.99. The van der Waals surface area contributed by atoms with Gasteiger partial charge in [-0.3, -0.25) is 9.48 Å². The molecule has 0 saturated heterocycles. The molecule has 1 aromatic carbocycles. The summed E-state index contributed by atoms with van der Waals surface area (Å²) in [5.41, 5.74) is 3.06. The van der Waals surface area contributed by atoms with Crippen LogP contribution in [0.25, 0.3) is 11.0 Å². The first-order valence-corrected chi connectivity index (χ1v) is 8.36. The summed E-state index contributed by atoms with van der Waals surface area (Å²) in [4.78, 5) is 17.4. The summed E-state index contributed by atoms with van der Waals surface area (Å²) in [5, 5.41) is 17.2. The van der Waals surface area contributed by atoms with Crippen molar-refractivity contribution in [2.45, 2.75) is 25.8 Å². The summed E-state index contributed by atoms with van der Waals surface area (Å²) in [7, 11) is 1.81. The van der Waals surface area contributed by atoms with E-state index in [0.717, 1.165) is 16.6 Å². The van der Waals surface area contributed by atoms with E-state index < -0.39 is 0 Å². The van der Waals surface area contributed by atoms with Crippen molar-refractivity contribution >= 4 is 16.9 Å². The van der Waals surface area contributed by atoms with Crippen LogP contribution in [0.1, 0.15) is 40.5 Å². The minimum Gasteiger partial charge on any atom is -0.396 e. The highest BCUT2D eigenvalue weighted by atomic mass is 16.3. The van der Waals surface area contributed by atoms with Crippen LogP contribution in [0, 0.1) is 6.92 Å². The Bertz CT molecular complexity index is 874. The van der Waals surface area contributed by atoms with Crippen molar-refractivity contribution in [1.29, 1.82) is 0 Å². The number of pyridine rings is 1. The molecule has 1 atom stereocenters. The van der Waals surface area contributed by atoms with E-state index >= 15 is 0 Å². The van der Waals surface area contributed by atoms with Crippen LogP contribution in [-0.2, 0) is 7.05 Å². The number of benzene rings is 1. The fourth-order valence-corrected chi connectivity index (χ4v) is 2.97. The van der Waals surface area contributed by atoms with Gasteiger partial charge in [-0.15, -0.1) is 0 Å². The highest BCUT2D eigenvalue weighted by Gasteiger charge is 2.19. The molecule has 3 rings (SSSR count). The van der Waals surface area contributed by atoms with Gasteiger partial charge in [0.05, 0.1) is 23.2 Å². The third kappa shape index (κ3) is 3.69. The van der Waals surface area contributed by atoms with Crippen molar-refractivity contribution in [1.82, 2.24) is 20.1 Å². The van der Waals surface area contributed by atoms with Crippen LogP contribution in [0.4, 0.5) is 0 Å². The van der Waals surface area contributed by atoms with Gasteiger partial charge in [0.2, 0.25) is 0 Å². The topological polar surface area (TPSA) is 80.0 Å². The molecule has 0 radical (unpaired) electrons. The predicted molar refractivity (Wildman–Crippen MR) is 96.2 cm³/mol. The smallest absolute Gasteiger partial charge is 0.252 e. The van der Waals surface area contributed by atoms with E-state index in [4.69, 9.17) is 5.11 Å². The first kappa shape index (κ1) is 17.1. The SMILES string of the molecule is Cc1cc(C(=O)NC(CCCO)c2ccccc2)c2cnn(C)c2n1. The van der Waals surface area contributed by atoms with Crippen LogP contribution in [0.2, 0.25) is 0 Å². The molecule has 130 valence electrons. The second-order valence-corrected chi connectivity index (χ2v) is 6.12. The Morgan fingerprint density at radius 3 is 2.80 bits per heavy atom. The van der Waals surface area contributed by atoms with Crippen LogP contribution < -0.4 is 5.32 Å². The van der Waals surface area contributed by atoms with Gasteiger partial charge in [-0.25, -0.2) is 4.98 Å². The van der Waals surface area contributed by atoms with Crippen LogP contribution in [0.15, 0.2) is 42.6 Å². The van der Waals surface area contributed by atoms with Gasteiger partial charge in [-0.05, 0) is 31.4 Å². The Hall–Kier alpha value is -2.73. The maximum Gasteiger partial charge on any atom is 0.252 e. The molecule has 3 aromatic rings. The lowest BCUT2D eigenvalue weighted by molar-refractivity contribution is 0.0934. The normalized spacial score (nSPS) is 12.3. The number of carbonyl (C=O) groups is 1. The summed E-state index contributed by atoms with van der Waals surface area (Å²) >= 11 is 0. The molecule has 0 saturated carbocycles. The minimum absolute atomic E-state index is 0.0976. The average molecular weight is 338 g/mol. The third-order valence-electron chi connectivity index (χ3n) is 4.24. The Labute approximate surface area is 146 Å². The number of aliphatic hydroxyl groups excluding tert-OH is 1. The quantitative estimate of drug-likeness (QED) is 0.724. The predicted octanol–water partition coefficient (Wildman–Crippen LogP) is 2.52. The molecule has 25 heavy (non-hydrogen) atoms. The van der Waals surface area contributed by atoms with Gasteiger partial charge in [-0.2, -0.15) is 5.10 Å². The van der Waals surface area contributed by atoms with Gasteiger partial charge in [-0.1, -0.05) is 30.3 Å². The standard InChI is InChI=1S/C19H22N4O2/c1-13-11-15(16-12-20-23(2)18(16)21-13)19(25)22-17(9-6-10-24)14-7-4-3-5-8-14/h3-5,7-8,11-12,17,24H,6,9-10H2,1-2H3,(H,22,25). The van der Waals surface area contributed by atoms with Crippen molar-refractivity contribution in [3.05, 3.63) is 59.4 Å². The van der Waals surface area contributed by atoms with Crippen molar-refractivity contribution in [3.8, 4) is 0 Å². The van der Waals surface area contributed by atoms with Gasteiger partial charge < -0.3 is 10.4 Å². The second kappa shape index (κ2) is 7.44. The lowest BCUT2D eigenvalue weighted by atomic mass is 10.0. The molecular weight excluding hydrogens is 316 g/mol. The molecule has 0 aliphatic rings. The fraction of sp³-hybridized carbons (Fsp3) is 0.316. The van der Waals surface area contributed by atoms with E-state index in [2.05, 4.69) is 15.4 Å². The van der Waals surface area contributed by atoms with Crippen LogP contribution in [-0.4, -0.2) is 32.4 Å². The van der Waals surface area contributed by atoms with Crippen molar-refractivity contribution in [3.63, 3.8) is 0 Å². The minimum atomic E-state index is -0.157. The van der Waals surface area contributed by atoms with E-state index in [-0.39, 0.29) is 18.6 Å². The number of amides is 1. The summed E-state index contributed by atoms with van der Waals surface area (Å²) < 4.78 is 1.67. The number of nitrogens with zero attached hydrogens (tertiary/aromatic N) is 3. The highest BCUT2D eigenvalue weighted by molar-refractivity contribution is 6.05. The molecule has 1 amide bonds.